The summed E-state index contributed by atoms with van der Waals surface area (Å²) in [4.78, 5) is 0. The number of hydrogen-bond acceptors (Lipinski definition) is 1. The quantitative estimate of drug-likeness (QED) is 0.747. The lowest BCUT2D eigenvalue weighted by Crippen LogP contribution is -2.35. The average molecular weight is 240 g/mol. The minimum Gasteiger partial charge on any atom is -0.285 e. The molecule has 0 bridgehead atoms. The second-order valence-corrected chi connectivity index (χ2v) is 14.6. The van der Waals surface area contributed by atoms with E-state index in [1.807, 2.05) is 12.5 Å². The van der Waals surface area contributed by atoms with Crippen LogP contribution in [0.2, 0.25) is 0 Å². The summed E-state index contributed by atoms with van der Waals surface area (Å²) in [6.45, 7) is 6.76. The van der Waals surface area contributed by atoms with Crippen LogP contribution in [0.1, 0.15) is 27.2 Å². The Morgan fingerprint density at radius 1 is 1.21 bits per heavy atom. The minimum atomic E-state index is -1.91. The molecule has 0 saturated heterocycles. The van der Waals surface area contributed by atoms with Crippen molar-refractivity contribution in [1.29, 1.82) is 0 Å². The fourth-order valence-corrected chi connectivity index (χ4v) is 2.95. The monoisotopic (exact) mass is 240 g/mol. The zero-order valence-electron chi connectivity index (χ0n) is 11.0. The van der Waals surface area contributed by atoms with Crippen LogP contribution in [0.4, 0.5) is 0 Å². The van der Waals surface area contributed by atoms with E-state index in [0.717, 1.165) is 6.42 Å². The molecule has 0 radical (unpaired) electrons. The normalized spacial score (nSPS) is 19.1. The summed E-state index contributed by atoms with van der Waals surface area (Å²) in [6, 6.07) is 0. The van der Waals surface area contributed by atoms with Crippen molar-refractivity contribution < 1.29 is 4.21 Å². The van der Waals surface area contributed by atoms with Crippen LogP contribution < -0.4 is 0 Å². The smallest absolute Gasteiger partial charge is 0.0106 e. The Morgan fingerprint density at radius 3 is 1.79 bits per heavy atom. The third kappa shape index (κ3) is 3.93. The highest BCUT2D eigenvalue weighted by molar-refractivity contribution is 8.33. The van der Waals surface area contributed by atoms with Crippen LogP contribution in [0.15, 0.2) is 0 Å². The van der Waals surface area contributed by atoms with Crippen molar-refractivity contribution in [2.75, 3.05) is 31.3 Å². The van der Waals surface area contributed by atoms with Crippen molar-refractivity contribution >= 4 is 20.0 Å². The Balaban J connectivity index is 4.62. The maximum atomic E-state index is 11.9. The SMILES string of the molecule is CC(CC(C)(C)S(C)(C)C)[SH](C)(C)=O. The molecule has 0 spiro atoms. The summed E-state index contributed by atoms with van der Waals surface area (Å²) in [7, 11) is -2.49. The fraction of sp³-hybridized carbons (Fsp3) is 1.00. The van der Waals surface area contributed by atoms with Crippen molar-refractivity contribution in [3.63, 3.8) is 0 Å². The van der Waals surface area contributed by atoms with E-state index >= 15 is 0 Å². The first-order valence-electron chi connectivity index (χ1n) is 5.10. The Morgan fingerprint density at radius 2 is 1.57 bits per heavy atom. The highest BCUT2D eigenvalue weighted by Gasteiger charge is 2.32. The van der Waals surface area contributed by atoms with Crippen LogP contribution in [0.25, 0.3) is 0 Å². The lowest BCUT2D eigenvalue weighted by atomic mass is 10.1. The average Bonchev–Trinajstić information content (AvgIpc) is 1.80. The maximum absolute atomic E-state index is 11.9. The van der Waals surface area contributed by atoms with Crippen LogP contribution in [0, 0.1) is 0 Å². The van der Waals surface area contributed by atoms with E-state index in [0.29, 0.717) is 10.00 Å². The molecule has 1 atom stereocenters. The fourth-order valence-electron chi connectivity index (χ4n) is 1.18. The molecule has 90 valence electrons. The van der Waals surface area contributed by atoms with Gasteiger partial charge in [0.1, 0.15) is 0 Å². The Labute approximate surface area is 92.8 Å². The van der Waals surface area contributed by atoms with Gasteiger partial charge in [-0.1, -0.05) is 20.8 Å². The summed E-state index contributed by atoms with van der Waals surface area (Å²) < 4.78 is 12.3. The van der Waals surface area contributed by atoms with Gasteiger partial charge >= 0.3 is 0 Å². The van der Waals surface area contributed by atoms with Gasteiger partial charge in [0.25, 0.3) is 0 Å². The van der Waals surface area contributed by atoms with Crippen molar-refractivity contribution in [3.05, 3.63) is 0 Å². The van der Waals surface area contributed by atoms with Gasteiger partial charge in [-0.3, -0.25) is 4.21 Å². The van der Waals surface area contributed by atoms with Crippen molar-refractivity contribution in [3.8, 4) is 0 Å². The van der Waals surface area contributed by atoms with E-state index in [4.69, 9.17) is 0 Å². The summed E-state index contributed by atoms with van der Waals surface area (Å²) in [5.41, 5.74) is 0. The molecule has 0 rings (SSSR count). The second kappa shape index (κ2) is 4.17. The van der Waals surface area contributed by atoms with Gasteiger partial charge in [-0.25, -0.2) is 10.0 Å². The predicted molar refractivity (Wildman–Crippen MR) is 74.9 cm³/mol. The molecule has 1 nitrogen and oxygen atoms in total. The van der Waals surface area contributed by atoms with Gasteiger partial charge in [0.2, 0.25) is 0 Å². The first-order chi connectivity index (χ1) is 5.88. The van der Waals surface area contributed by atoms with Crippen LogP contribution in [-0.2, 0) is 9.93 Å². The van der Waals surface area contributed by atoms with Gasteiger partial charge in [-0.05, 0) is 42.4 Å². The molecule has 0 heterocycles. The molecule has 0 fully saturated rings. The van der Waals surface area contributed by atoms with Gasteiger partial charge in [0.05, 0.1) is 0 Å². The van der Waals surface area contributed by atoms with E-state index in [1.54, 1.807) is 0 Å². The lowest BCUT2D eigenvalue weighted by Gasteiger charge is -2.46. The van der Waals surface area contributed by atoms with E-state index in [1.165, 1.54) is 0 Å². The number of rotatable bonds is 4. The number of hydrogen-bond donors (Lipinski definition) is 1. The van der Waals surface area contributed by atoms with E-state index in [9.17, 15) is 4.21 Å². The molecule has 0 aromatic carbocycles. The predicted octanol–water partition coefficient (Wildman–Crippen LogP) is 2.51. The third-order valence-electron chi connectivity index (χ3n) is 3.51. The Kier molecular flexibility index (Phi) is 4.32. The molecule has 1 unspecified atom stereocenters. The van der Waals surface area contributed by atoms with Crippen molar-refractivity contribution in [1.82, 2.24) is 0 Å². The molecule has 3 heteroatoms. The van der Waals surface area contributed by atoms with Crippen LogP contribution in [-0.4, -0.2) is 45.5 Å². The Hall–Kier alpha value is 0.500. The third-order valence-corrected chi connectivity index (χ3v) is 9.29. The molecule has 0 aromatic heterocycles. The molecule has 0 aliphatic heterocycles. The maximum Gasteiger partial charge on any atom is 0.0106 e. The van der Waals surface area contributed by atoms with Gasteiger partial charge in [0.15, 0.2) is 0 Å². The highest BCUT2D eigenvalue weighted by atomic mass is 32.3. The van der Waals surface area contributed by atoms with E-state index < -0.39 is 20.0 Å². The zero-order chi connectivity index (χ0) is 11.8. The minimum absolute atomic E-state index is 0.327. The van der Waals surface area contributed by atoms with Gasteiger partial charge in [-0.2, -0.15) is 0 Å². The van der Waals surface area contributed by atoms with Crippen molar-refractivity contribution in [2.45, 2.75) is 37.2 Å². The summed E-state index contributed by atoms with van der Waals surface area (Å²) in [5.74, 6) is 0. The molecular formula is C11H28OS2. The van der Waals surface area contributed by atoms with Crippen molar-refractivity contribution in [2.24, 2.45) is 0 Å². The zero-order valence-corrected chi connectivity index (χ0v) is 12.8. The van der Waals surface area contributed by atoms with Gasteiger partial charge < -0.3 is 0 Å². The summed E-state index contributed by atoms with van der Waals surface area (Å²) in [5, 5.41) is 0.351. The topological polar surface area (TPSA) is 17.1 Å². The van der Waals surface area contributed by atoms with Crippen LogP contribution in [0.3, 0.4) is 0 Å². The van der Waals surface area contributed by atoms with Crippen LogP contribution in [0.5, 0.6) is 0 Å². The highest BCUT2D eigenvalue weighted by Crippen LogP contribution is 2.52. The molecule has 0 aliphatic carbocycles. The molecule has 0 aliphatic rings. The summed E-state index contributed by atoms with van der Waals surface area (Å²) in [6.07, 6.45) is 11.9. The molecule has 14 heavy (non-hydrogen) atoms. The number of thiol groups is 1. The lowest BCUT2D eigenvalue weighted by molar-refractivity contribution is 0.603. The summed E-state index contributed by atoms with van der Waals surface area (Å²) >= 11 is 0. The van der Waals surface area contributed by atoms with E-state index in [2.05, 4.69) is 39.5 Å². The molecular weight excluding hydrogens is 212 g/mol. The standard InChI is InChI=1S/C11H28OS2/c1-10(14(7,8)12)9-11(2,3)13(4,5)6/h10,14H,9H2,1-8H3. The molecule has 0 saturated carbocycles. The molecule has 0 amide bonds. The molecule has 0 N–H and O–H groups in total. The molecule has 0 aromatic rings. The first-order valence-corrected chi connectivity index (χ1v) is 10.6. The van der Waals surface area contributed by atoms with Gasteiger partial charge in [0, 0.05) is 5.25 Å². The van der Waals surface area contributed by atoms with Gasteiger partial charge in [-0.15, -0.1) is 9.93 Å². The van der Waals surface area contributed by atoms with Crippen LogP contribution >= 0.6 is 10.0 Å². The Bertz CT molecular complexity index is 232. The van der Waals surface area contributed by atoms with E-state index in [-0.39, 0.29) is 0 Å². The second-order valence-electron chi connectivity index (χ2n) is 6.08. The largest absolute Gasteiger partial charge is 0.285 e. The first kappa shape index (κ1) is 14.5.